The first-order valence-corrected chi connectivity index (χ1v) is 11.4. The second-order valence-corrected chi connectivity index (χ2v) is 8.63. The Bertz CT molecular complexity index is 1220. The molecule has 1 aliphatic heterocycles. The first-order chi connectivity index (χ1) is 15.9. The molecule has 0 radical (unpaired) electrons. The molecule has 6 nitrogen and oxygen atoms in total. The topological polar surface area (TPSA) is 69.7 Å². The van der Waals surface area contributed by atoms with Gasteiger partial charge in [0.25, 0.3) is 5.91 Å². The molecule has 33 heavy (non-hydrogen) atoms. The highest BCUT2D eigenvalue weighted by molar-refractivity contribution is 6.30. The van der Waals surface area contributed by atoms with E-state index in [0.717, 1.165) is 22.8 Å². The SMILES string of the molecule is CCCNC(=O)C(C)N(Cc1cccc(Cl)c1)C(=O)CN1C(=O)c2cccc3cccc1c23. The zero-order chi connectivity index (χ0) is 23.5. The minimum atomic E-state index is -0.709. The number of benzene rings is 3. The van der Waals surface area contributed by atoms with Gasteiger partial charge in [0.1, 0.15) is 12.6 Å². The highest BCUT2D eigenvalue weighted by Crippen LogP contribution is 2.37. The van der Waals surface area contributed by atoms with E-state index in [-0.39, 0.29) is 30.8 Å². The minimum Gasteiger partial charge on any atom is -0.354 e. The van der Waals surface area contributed by atoms with Gasteiger partial charge in [-0.1, -0.05) is 54.9 Å². The van der Waals surface area contributed by atoms with Gasteiger partial charge in [-0.15, -0.1) is 0 Å². The second kappa shape index (κ2) is 9.63. The summed E-state index contributed by atoms with van der Waals surface area (Å²) in [5.41, 5.74) is 2.11. The smallest absolute Gasteiger partial charge is 0.259 e. The lowest BCUT2D eigenvalue weighted by atomic mass is 10.1. The standard InChI is InChI=1S/C26H26ClN3O3/c1-3-13-28-25(32)17(2)29(15-18-7-4-10-20(27)14-18)23(31)16-30-22-12-6-9-19-8-5-11-21(24(19)22)26(30)33/h4-12,14,17H,3,13,15-16H2,1-2H3,(H,28,32). The largest absolute Gasteiger partial charge is 0.354 e. The van der Waals surface area contributed by atoms with E-state index in [4.69, 9.17) is 11.6 Å². The number of anilines is 1. The van der Waals surface area contributed by atoms with Crippen molar-refractivity contribution < 1.29 is 14.4 Å². The van der Waals surface area contributed by atoms with Crippen molar-refractivity contribution in [3.05, 3.63) is 76.8 Å². The molecule has 3 aromatic rings. The van der Waals surface area contributed by atoms with E-state index in [1.54, 1.807) is 25.1 Å². The molecule has 1 aliphatic rings. The van der Waals surface area contributed by atoms with Gasteiger partial charge in [0, 0.05) is 29.1 Å². The van der Waals surface area contributed by atoms with Crippen molar-refractivity contribution in [3.8, 4) is 0 Å². The van der Waals surface area contributed by atoms with Gasteiger partial charge in [0.2, 0.25) is 11.8 Å². The molecule has 0 spiro atoms. The fourth-order valence-corrected chi connectivity index (χ4v) is 4.39. The van der Waals surface area contributed by atoms with Gasteiger partial charge in [-0.25, -0.2) is 0 Å². The third kappa shape index (κ3) is 4.57. The summed E-state index contributed by atoms with van der Waals surface area (Å²) in [5, 5.41) is 5.22. The number of nitrogens with zero attached hydrogens (tertiary/aromatic N) is 2. The molecule has 1 heterocycles. The van der Waals surface area contributed by atoms with Crippen LogP contribution in [0.2, 0.25) is 5.02 Å². The Labute approximate surface area is 198 Å². The molecule has 170 valence electrons. The predicted octanol–water partition coefficient (Wildman–Crippen LogP) is 4.40. The molecule has 0 bridgehead atoms. The quantitative estimate of drug-likeness (QED) is 0.538. The van der Waals surface area contributed by atoms with E-state index in [1.165, 1.54) is 9.80 Å². The summed E-state index contributed by atoms with van der Waals surface area (Å²) in [6.45, 7) is 4.26. The maximum absolute atomic E-state index is 13.5. The van der Waals surface area contributed by atoms with Crippen LogP contribution in [0.25, 0.3) is 10.8 Å². The monoisotopic (exact) mass is 463 g/mol. The summed E-state index contributed by atoms with van der Waals surface area (Å²) >= 11 is 6.14. The number of rotatable bonds is 8. The summed E-state index contributed by atoms with van der Waals surface area (Å²) in [4.78, 5) is 42.4. The Morgan fingerprint density at radius 2 is 1.82 bits per heavy atom. The van der Waals surface area contributed by atoms with Gasteiger partial charge in [0.15, 0.2) is 0 Å². The van der Waals surface area contributed by atoms with Crippen LogP contribution >= 0.6 is 11.6 Å². The summed E-state index contributed by atoms with van der Waals surface area (Å²) in [5.74, 6) is -0.751. The molecule has 3 aromatic carbocycles. The average Bonchev–Trinajstić information content (AvgIpc) is 3.08. The van der Waals surface area contributed by atoms with Crippen molar-refractivity contribution in [2.75, 3.05) is 18.0 Å². The third-order valence-corrected chi connectivity index (χ3v) is 6.14. The molecule has 3 amide bonds. The molecule has 7 heteroatoms. The Balaban J connectivity index is 1.62. The van der Waals surface area contributed by atoms with E-state index in [1.807, 2.05) is 49.4 Å². The molecule has 0 aromatic heterocycles. The first kappa shape index (κ1) is 22.8. The van der Waals surface area contributed by atoms with Crippen LogP contribution < -0.4 is 10.2 Å². The summed E-state index contributed by atoms with van der Waals surface area (Å²) in [7, 11) is 0. The van der Waals surface area contributed by atoms with Gasteiger partial charge < -0.3 is 10.2 Å². The Morgan fingerprint density at radius 1 is 1.09 bits per heavy atom. The van der Waals surface area contributed by atoms with E-state index in [2.05, 4.69) is 5.32 Å². The van der Waals surface area contributed by atoms with Crippen LogP contribution in [0.4, 0.5) is 5.69 Å². The van der Waals surface area contributed by atoms with Crippen molar-refractivity contribution in [3.63, 3.8) is 0 Å². The van der Waals surface area contributed by atoms with Crippen molar-refractivity contribution >= 4 is 45.8 Å². The van der Waals surface area contributed by atoms with Gasteiger partial charge in [0.05, 0.1) is 5.69 Å². The van der Waals surface area contributed by atoms with Crippen LogP contribution in [-0.4, -0.2) is 41.8 Å². The first-order valence-electron chi connectivity index (χ1n) is 11.1. The predicted molar refractivity (Wildman–Crippen MR) is 130 cm³/mol. The van der Waals surface area contributed by atoms with E-state index in [0.29, 0.717) is 22.8 Å². The van der Waals surface area contributed by atoms with E-state index in [9.17, 15) is 14.4 Å². The molecule has 0 saturated heterocycles. The van der Waals surface area contributed by atoms with Crippen molar-refractivity contribution in [1.82, 2.24) is 10.2 Å². The molecule has 4 rings (SSSR count). The second-order valence-electron chi connectivity index (χ2n) is 8.19. The number of amides is 3. The highest BCUT2D eigenvalue weighted by atomic mass is 35.5. The average molecular weight is 464 g/mol. The van der Waals surface area contributed by atoms with Crippen molar-refractivity contribution in [2.45, 2.75) is 32.9 Å². The lowest BCUT2D eigenvalue weighted by Crippen LogP contribution is -2.51. The zero-order valence-corrected chi connectivity index (χ0v) is 19.4. The van der Waals surface area contributed by atoms with Crippen LogP contribution in [0.15, 0.2) is 60.7 Å². The van der Waals surface area contributed by atoms with Crippen LogP contribution in [0.3, 0.4) is 0 Å². The number of hydrogen-bond acceptors (Lipinski definition) is 3. The maximum Gasteiger partial charge on any atom is 0.259 e. The van der Waals surface area contributed by atoms with Crippen LogP contribution in [0, 0.1) is 0 Å². The number of nitrogens with one attached hydrogen (secondary N) is 1. The molecule has 0 saturated carbocycles. The number of hydrogen-bond donors (Lipinski definition) is 1. The fourth-order valence-electron chi connectivity index (χ4n) is 4.17. The Hall–Kier alpha value is -3.38. The van der Waals surface area contributed by atoms with Gasteiger partial charge in [-0.2, -0.15) is 0 Å². The molecule has 0 fully saturated rings. The van der Waals surface area contributed by atoms with Gasteiger partial charge in [-0.05, 0) is 48.6 Å². The number of carbonyl (C=O) groups is 3. The molecule has 1 N–H and O–H groups in total. The molecular weight excluding hydrogens is 438 g/mol. The number of carbonyl (C=O) groups excluding carboxylic acids is 3. The third-order valence-electron chi connectivity index (χ3n) is 5.90. The van der Waals surface area contributed by atoms with Crippen molar-refractivity contribution in [2.24, 2.45) is 0 Å². The van der Waals surface area contributed by atoms with Gasteiger partial charge >= 0.3 is 0 Å². The minimum absolute atomic E-state index is 0.154. The highest BCUT2D eigenvalue weighted by Gasteiger charge is 2.34. The summed E-state index contributed by atoms with van der Waals surface area (Å²) in [6.07, 6.45) is 0.797. The van der Waals surface area contributed by atoms with Gasteiger partial charge in [-0.3, -0.25) is 19.3 Å². The normalized spacial score (nSPS) is 13.3. The molecular formula is C26H26ClN3O3. The molecule has 1 unspecified atom stereocenters. The lowest BCUT2D eigenvalue weighted by molar-refractivity contribution is -0.139. The molecule has 1 atom stereocenters. The fraction of sp³-hybridized carbons (Fsp3) is 0.269. The lowest BCUT2D eigenvalue weighted by Gasteiger charge is -2.30. The Morgan fingerprint density at radius 3 is 2.55 bits per heavy atom. The Kier molecular flexibility index (Phi) is 6.65. The zero-order valence-electron chi connectivity index (χ0n) is 18.7. The van der Waals surface area contributed by atoms with Crippen molar-refractivity contribution in [1.29, 1.82) is 0 Å². The van der Waals surface area contributed by atoms with E-state index >= 15 is 0 Å². The van der Waals surface area contributed by atoms with E-state index < -0.39 is 6.04 Å². The maximum atomic E-state index is 13.5. The molecule has 0 aliphatic carbocycles. The van der Waals surface area contributed by atoms with Crippen LogP contribution in [0.1, 0.15) is 36.2 Å². The van der Waals surface area contributed by atoms with Crippen LogP contribution in [0.5, 0.6) is 0 Å². The van der Waals surface area contributed by atoms with Crippen LogP contribution in [-0.2, 0) is 16.1 Å². The summed E-state index contributed by atoms with van der Waals surface area (Å²) in [6, 6.07) is 17.7. The number of halogens is 1. The summed E-state index contributed by atoms with van der Waals surface area (Å²) < 4.78 is 0.